The first kappa shape index (κ1) is 22.4. The quantitative estimate of drug-likeness (QED) is 0.469. The van der Waals surface area contributed by atoms with E-state index in [4.69, 9.17) is 26.8 Å². The van der Waals surface area contributed by atoms with E-state index in [9.17, 15) is 9.59 Å². The van der Waals surface area contributed by atoms with Crippen molar-refractivity contribution in [2.75, 3.05) is 12.4 Å². The highest BCUT2D eigenvalue weighted by molar-refractivity contribution is 7.99. The van der Waals surface area contributed by atoms with Crippen LogP contribution in [0.1, 0.15) is 12.7 Å². The Hall–Kier alpha value is -3.24. The highest BCUT2D eigenvalue weighted by Gasteiger charge is 2.17. The zero-order chi connectivity index (χ0) is 22.2. The number of hydrogen-bond donors (Lipinski definition) is 2. The number of urea groups is 1. The molecule has 9 nitrogen and oxygen atoms in total. The fourth-order valence-electron chi connectivity index (χ4n) is 2.59. The molecule has 0 atom stereocenters. The lowest BCUT2D eigenvalue weighted by atomic mass is 10.3. The summed E-state index contributed by atoms with van der Waals surface area (Å²) in [7, 11) is 0. The zero-order valence-electron chi connectivity index (χ0n) is 16.6. The predicted octanol–water partition coefficient (Wildman–Crippen LogP) is 3.19. The van der Waals surface area contributed by atoms with Crippen LogP contribution in [0.3, 0.4) is 0 Å². The fourth-order valence-corrected chi connectivity index (χ4v) is 3.48. The topological polar surface area (TPSA) is 121 Å². The van der Waals surface area contributed by atoms with Crippen LogP contribution in [0, 0.1) is 0 Å². The molecule has 31 heavy (non-hydrogen) atoms. The van der Waals surface area contributed by atoms with Gasteiger partial charge in [-0.05, 0) is 55.5 Å². The third-order valence-electron chi connectivity index (χ3n) is 3.88. The highest BCUT2D eigenvalue weighted by Crippen LogP contribution is 2.25. The number of nitrogens with two attached hydrogens (primary N) is 1. The third-order valence-corrected chi connectivity index (χ3v) is 5.06. The van der Waals surface area contributed by atoms with E-state index in [1.165, 1.54) is 0 Å². The molecule has 0 radical (unpaired) electrons. The van der Waals surface area contributed by atoms with Crippen molar-refractivity contribution >= 4 is 35.3 Å². The SMILES string of the molecule is CCOc1ccc(OCc2nnc(SCC(=O)NC(N)=O)n2-c2ccc(Cl)cc2)cc1. The first-order valence-electron chi connectivity index (χ1n) is 9.24. The standard InChI is InChI=1S/C20H20ClN5O4S/c1-2-29-15-7-9-16(10-8-15)30-11-17-24-25-20(31-12-18(27)23-19(22)28)26(17)14-5-3-13(21)4-6-14/h3-10H,2,11-12H2,1H3,(H3,22,23,27,28). The van der Waals surface area contributed by atoms with Crippen LogP contribution in [0.4, 0.5) is 4.79 Å². The van der Waals surface area contributed by atoms with Gasteiger partial charge in [0.15, 0.2) is 11.0 Å². The van der Waals surface area contributed by atoms with E-state index < -0.39 is 11.9 Å². The smallest absolute Gasteiger partial charge is 0.318 e. The predicted molar refractivity (Wildman–Crippen MR) is 117 cm³/mol. The normalized spacial score (nSPS) is 10.5. The number of thioether (sulfide) groups is 1. The van der Waals surface area contributed by atoms with Crippen LogP contribution in [0.2, 0.25) is 5.02 Å². The molecule has 0 spiro atoms. The molecule has 3 aromatic rings. The molecule has 3 N–H and O–H groups in total. The molecule has 0 fully saturated rings. The molecule has 0 saturated heterocycles. The Balaban J connectivity index is 1.78. The van der Waals surface area contributed by atoms with Gasteiger partial charge >= 0.3 is 6.03 Å². The molecule has 1 heterocycles. The monoisotopic (exact) mass is 461 g/mol. The number of rotatable bonds is 9. The minimum absolute atomic E-state index is 0.0611. The lowest BCUT2D eigenvalue weighted by molar-refractivity contribution is -0.117. The number of ether oxygens (including phenoxy) is 2. The summed E-state index contributed by atoms with van der Waals surface area (Å²) in [6.45, 7) is 2.64. The third kappa shape index (κ3) is 6.37. The second-order valence-corrected chi connectivity index (χ2v) is 7.48. The lowest BCUT2D eigenvalue weighted by Crippen LogP contribution is -2.36. The van der Waals surface area contributed by atoms with Gasteiger partial charge in [0.25, 0.3) is 0 Å². The molecule has 0 aliphatic rings. The number of carbonyl (C=O) groups is 2. The van der Waals surface area contributed by atoms with Crippen LogP contribution in [0.5, 0.6) is 11.5 Å². The summed E-state index contributed by atoms with van der Waals surface area (Å²) in [6, 6.07) is 13.4. The van der Waals surface area contributed by atoms with Crippen LogP contribution < -0.4 is 20.5 Å². The minimum Gasteiger partial charge on any atom is -0.494 e. The van der Waals surface area contributed by atoms with Gasteiger partial charge in [-0.2, -0.15) is 0 Å². The van der Waals surface area contributed by atoms with Crippen molar-refractivity contribution in [2.24, 2.45) is 5.73 Å². The molecule has 0 saturated carbocycles. The molecular weight excluding hydrogens is 442 g/mol. The van der Waals surface area contributed by atoms with Crippen molar-refractivity contribution in [3.63, 3.8) is 0 Å². The van der Waals surface area contributed by atoms with Crippen molar-refractivity contribution < 1.29 is 19.1 Å². The molecule has 0 bridgehead atoms. The van der Waals surface area contributed by atoms with Crippen molar-refractivity contribution in [3.8, 4) is 17.2 Å². The molecule has 0 aliphatic heterocycles. The van der Waals surface area contributed by atoms with Crippen molar-refractivity contribution in [2.45, 2.75) is 18.7 Å². The lowest BCUT2D eigenvalue weighted by Gasteiger charge is -2.11. The Morgan fingerprint density at radius 1 is 1.06 bits per heavy atom. The Morgan fingerprint density at radius 3 is 2.32 bits per heavy atom. The van der Waals surface area contributed by atoms with Gasteiger partial charge in [0.2, 0.25) is 5.91 Å². The molecule has 3 amide bonds. The molecule has 162 valence electrons. The van der Waals surface area contributed by atoms with Gasteiger partial charge in [0, 0.05) is 10.7 Å². The molecule has 3 rings (SSSR count). The van der Waals surface area contributed by atoms with Crippen molar-refractivity contribution in [3.05, 3.63) is 59.4 Å². The average molecular weight is 462 g/mol. The van der Waals surface area contributed by atoms with Crippen LogP contribution in [-0.2, 0) is 11.4 Å². The maximum Gasteiger partial charge on any atom is 0.318 e. The summed E-state index contributed by atoms with van der Waals surface area (Å²) >= 11 is 7.11. The van der Waals surface area contributed by atoms with E-state index in [1.807, 2.05) is 24.4 Å². The number of amides is 3. The van der Waals surface area contributed by atoms with Crippen LogP contribution in [0.25, 0.3) is 5.69 Å². The Labute approximate surface area is 187 Å². The number of aromatic nitrogens is 3. The van der Waals surface area contributed by atoms with Crippen molar-refractivity contribution in [1.29, 1.82) is 0 Å². The number of imide groups is 1. The molecule has 11 heteroatoms. The Morgan fingerprint density at radius 2 is 1.71 bits per heavy atom. The molecule has 1 aromatic heterocycles. The number of carbonyl (C=O) groups excluding carboxylic acids is 2. The maximum absolute atomic E-state index is 11.8. The van der Waals surface area contributed by atoms with Crippen LogP contribution in [-0.4, -0.2) is 39.1 Å². The van der Waals surface area contributed by atoms with Gasteiger partial charge in [-0.15, -0.1) is 10.2 Å². The first-order chi connectivity index (χ1) is 15.0. The maximum atomic E-state index is 11.8. The molecular formula is C20H20ClN5O4S. The largest absolute Gasteiger partial charge is 0.494 e. The van der Waals surface area contributed by atoms with Gasteiger partial charge in [0.05, 0.1) is 12.4 Å². The van der Waals surface area contributed by atoms with Gasteiger partial charge in [-0.25, -0.2) is 4.79 Å². The molecule has 0 aliphatic carbocycles. The number of nitrogens with zero attached hydrogens (tertiary/aromatic N) is 3. The van der Waals surface area contributed by atoms with Crippen LogP contribution >= 0.6 is 23.4 Å². The Kier molecular flexibility index (Phi) is 7.74. The number of hydrogen-bond acceptors (Lipinski definition) is 7. The zero-order valence-corrected chi connectivity index (χ0v) is 18.2. The summed E-state index contributed by atoms with van der Waals surface area (Å²) in [4.78, 5) is 22.6. The number of primary amides is 1. The fraction of sp³-hybridized carbons (Fsp3) is 0.200. The molecule has 2 aromatic carbocycles. The van der Waals surface area contributed by atoms with E-state index in [2.05, 4.69) is 10.2 Å². The van der Waals surface area contributed by atoms with E-state index in [0.29, 0.717) is 28.4 Å². The van der Waals surface area contributed by atoms with Crippen LogP contribution in [0.15, 0.2) is 53.7 Å². The van der Waals surface area contributed by atoms with E-state index in [-0.39, 0.29) is 12.4 Å². The number of halogens is 1. The highest BCUT2D eigenvalue weighted by atomic mass is 35.5. The summed E-state index contributed by atoms with van der Waals surface area (Å²) < 4.78 is 13.0. The second-order valence-electron chi connectivity index (χ2n) is 6.10. The van der Waals surface area contributed by atoms with Gasteiger partial charge in [-0.3, -0.25) is 14.7 Å². The van der Waals surface area contributed by atoms with E-state index in [0.717, 1.165) is 23.2 Å². The summed E-state index contributed by atoms with van der Waals surface area (Å²) in [6.07, 6.45) is 0. The van der Waals surface area contributed by atoms with Crippen molar-refractivity contribution in [1.82, 2.24) is 20.1 Å². The van der Waals surface area contributed by atoms with E-state index in [1.54, 1.807) is 41.0 Å². The van der Waals surface area contributed by atoms with Gasteiger partial charge in [0.1, 0.15) is 18.1 Å². The minimum atomic E-state index is -0.908. The number of nitrogens with one attached hydrogen (secondary N) is 1. The summed E-state index contributed by atoms with van der Waals surface area (Å²) in [5, 5.41) is 11.4. The average Bonchev–Trinajstić information content (AvgIpc) is 3.15. The second kappa shape index (κ2) is 10.7. The van der Waals surface area contributed by atoms with Gasteiger partial charge in [-0.1, -0.05) is 23.4 Å². The van der Waals surface area contributed by atoms with Gasteiger partial charge < -0.3 is 15.2 Å². The molecule has 0 unspecified atom stereocenters. The first-order valence-corrected chi connectivity index (χ1v) is 10.6. The number of benzene rings is 2. The summed E-state index contributed by atoms with van der Waals surface area (Å²) in [5.74, 6) is 1.33. The van der Waals surface area contributed by atoms with E-state index >= 15 is 0 Å². The Bertz CT molecular complexity index is 1040. The summed E-state index contributed by atoms with van der Waals surface area (Å²) in [5.41, 5.74) is 5.72.